The molecule has 2 amide bonds. The van der Waals surface area contributed by atoms with Crippen molar-refractivity contribution in [2.45, 2.75) is 19.8 Å². The molecule has 2 heterocycles. The Labute approximate surface area is 160 Å². The summed E-state index contributed by atoms with van der Waals surface area (Å²) in [6.45, 7) is 8.34. The minimum Gasteiger partial charge on any atom is -0.327 e. The first kappa shape index (κ1) is 19.8. The van der Waals surface area contributed by atoms with Gasteiger partial charge in [0, 0.05) is 11.6 Å². The summed E-state index contributed by atoms with van der Waals surface area (Å²) >= 11 is 0. The van der Waals surface area contributed by atoms with Gasteiger partial charge in [-0.25, -0.2) is 4.39 Å². The summed E-state index contributed by atoms with van der Waals surface area (Å²) in [5, 5.41) is 2.74. The standard InChI is InChI=1S/C20H29FN4O2/c1-16-4-3-7-24(13-16)15-20(27)25-10-8-23(9-11-25)14-19(26)22-18-6-2-5-17(21)12-18/h2,5-6,12,16H,3-4,7-11,13-15H2,1H3,(H,22,26)/p+2/t16-/m0/s1. The highest BCUT2D eigenvalue weighted by Crippen LogP contribution is 2.08. The quantitative estimate of drug-likeness (QED) is 0.603. The minimum atomic E-state index is -0.363. The second-order valence-electron chi connectivity index (χ2n) is 7.99. The lowest BCUT2D eigenvalue weighted by atomic mass is 10.0. The monoisotopic (exact) mass is 378 g/mol. The van der Waals surface area contributed by atoms with Crippen LogP contribution in [-0.2, 0) is 9.59 Å². The van der Waals surface area contributed by atoms with E-state index < -0.39 is 0 Å². The Morgan fingerprint density at radius 1 is 1.19 bits per heavy atom. The number of carbonyl (C=O) groups is 2. The third kappa shape index (κ3) is 6.01. The highest BCUT2D eigenvalue weighted by atomic mass is 19.1. The average Bonchev–Trinajstić information content (AvgIpc) is 2.62. The third-order valence-electron chi connectivity index (χ3n) is 5.61. The zero-order chi connectivity index (χ0) is 19.2. The van der Waals surface area contributed by atoms with Crippen molar-refractivity contribution in [3.63, 3.8) is 0 Å². The van der Waals surface area contributed by atoms with Crippen LogP contribution in [-0.4, -0.2) is 69.1 Å². The molecule has 0 bridgehead atoms. The number of nitrogens with zero attached hydrogens (tertiary/aromatic N) is 1. The van der Waals surface area contributed by atoms with Crippen LogP contribution in [0, 0.1) is 11.7 Å². The molecule has 0 aliphatic carbocycles. The number of quaternary nitrogens is 2. The van der Waals surface area contributed by atoms with E-state index in [4.69, 9.17) is 0 Å². The van der Waals surface area contributed by atoms with E-state index in [0.29, 0.717) is 37.8 Å². The lowest BCUT2D eigenvalue weighted by Crippen LogP contribution is -3.16. The Morgan fingerprint density at radius 2 is 1.96 bits per heavy atom. The van der Waals surface area contributed by atoms with Gasteiger partial charge in [0.2, 0.25) is 0 Å². The van der Waals surface area contributed by atoms with E-state index in [2.05, 4.69) is 12.2 Å². The Balaban J connectivity index is 1.39. The van der Waals surface area contributed by atoms with Gasteiger partial charge in [-0.1, -0.05) is 13.0 Å². The van der Waals surface area contributed by atoms with Gasteiger partial charge in [-0.2, -0.15) is 0 Å². The van der Waals surface area contributed by atoms with Crippen molar-refractivity contribution in [1.82, 2.24) is 4.90 Å². The van der Waals surface area contributed by atoms with Crippen LogP contribution in [0.2, 0.25) is 0 Å². The molecular weight excluding hydrogens is 347 g/mol. The summed E-state index contributed by atoms with van der Waals surface area (Å²) in [4.78, 5) is 29.2. The number of halogens is 1. The SMILES string of the molecule is C[C@H]1CCC[NH+](CC(=O)N2CC[NH+](CC(=O)Nc3cccc(F)c3)CC2)C1. The van der Waals surface area contributed by atoms with E-state index in [0.717, 1.165) is 31.1 Å². The van der Waals surface area contributed by atoms with Gasteiger partial charge in [0.25, 0.3) is 11.8 Å². The molecule has 2 aliphatic heterocycles. The van der Waals surface area contributed by atoms with Crippen LogP contribution >= 0.6 is 0 Å². The lowest BCUT2D eigenvalue weighted by molar-refractivity contribution is -0.902. The molecular formula is C20H31FN4O2+2. The van der Waals surface area contributed by atoms with Crippen LogP contribution in [0.5, 0.6) is 0 Å². The largest absolute Gasteiger partial charge is 0.327 e. The fourth-order valence-electron chi connectivity index (χ4n) is 4.13. The molecule has 3 N–H and O–H groups in total. The number of benzene rings is 1. The van der Waals surface area contributed by atoms with Gasteiger partial charge in [0.15, 0.2) is 13.1 Å². The molecule has 0 saturated carbocycles. The maximum absolute atomic E-state index is 13.2. The molecule has 2 fully saturated rings. The van der Waals surface area contributed by atoms with Crippen LogP contribution in [0.4, 0.5) is 10.1 Å². The normalized spacial score (nSPS) is 23.9. The Hall–Kier alpha value is -1.99. The van der Waals surface area contributed by atoms with Crippen LogP contribution in [0.15, 0.2) is 24.3 Å². The molecule has 2 atom stereocenters. The summed E-state index contributed by atoms with van der Waals surface area (Å²) in [5.74, 6) is 0.460. The van der Waals surface area contributed by atoms with Gasteiger partial charge in [-0.05, 0) is 31.0 Å². The van der Waals surface area contributed by atoms with Crippen LogP contribution < -0.4 is 15.1 Å². The number of hydrogen-bond donors (Lipinski definition) is 3. The summed E-state index contributed by atoms with van der Waals surface area (Å²) in [5.41, 5.74) is 0.479. The molecule has 6 nitrogen and oxygen atoms in total. The second-order valence-corrected chi connectivity index (χ2v) is 7.99. The molecule has 2 aliphatic rings. The van der Waals surface area contributed by atoms with Gasteiger partial charge >= 0.3 is 0 Å². The molecule has 0 radical (unpaired) electrons. The zero-order valence-corrected chi connectivity index (χ0v) is 16.1. The summed E-state index contributed by atoms with van der Waals surface area (Å²) in [7, 11) is 0. The minimum absolute atomic E-state index is 0.123. The summed E-state index contributed by atoms with van der Waals surface area (Å²) in [6, 6.07) is 5.92. The van der Waals surface area contributed by atoms with Crippen LogP contribution in [0.3, 0.4) is 0 Å². The van der Waals surface area contributed by atoms with E-state index in [1.165, 1.54) is 29.9 Å². The van der Waals surface area contributed by atoms with Gasteiger partial charge < -0.3 is 20.0 Å². The lowest BCUT2D eigenvalue weighted by Gasteiger charge is -2.33. The van der Waals surface area contributed by atoms with Crippen molar-refractivity contribution in [1.29, 1.82) is 0 Å². The van der Waals surface area contributed by atoms with Gasteiger partial charge in [0.05, 0.1) is 39.3 Å². The van der Waals surface area contributed by atoms with Gasteiger partial charge in [-0.15, -0.1) is 0 Å². The van der Waals surface area contributed by atoms with Crippen molar-refractivity contribution in [3.8, 4) is 0 Å². The maximum atomic E-state index is 13.2. The molecule has 148 valence electrons. The first-order valence-electron chi connectivity index (χ1n) is 10.00. The number of hydrogen-bond acceptors (Lipinski definition) is 2. The molecule has 1 unspecified atom stereocenters. The predicted molar refractivity (Wildman–Crippen MR) is 101 cm³/mol. The first-order chi connectivity index (χ1) is 13.0. The van der Waals surface area contributed by atoms with Crippen molar-refractivity contribution in [2.24, 2.45) is 5.92 Å². The molecule has 27 heavy (non-hydrogen) atoms. The maximum Gasteiger partial charge on any atom is 0.279 e. The van der Waals surface area contributed by atoms with Crippen molar-refractivity contribution >= 4 is 17.5 Å². The van der Waals surface area contributed by atoms with Crippen molar-refractivity contribution < 1.29 is 23.8 Å². The second kappa shape index (κ2) is 9.28. The van der Waals surface area contributed by atoms with E-state index in [1.54, 1.807) is 12.1 Å². The Morgan fingerprint density at radius 3 is 2.67 bits per heavy atom. The fourth-order valence-corrected chi connectivity index (χ4v) is 4.13. The first-order valence-corrected chi connectivity index (χ1v) is 10.00. The molecule has 0 spiro atoms. The zero-order valence-electron chi connectivity index (χ0n) is 16.1. The summed E-state index contributed by atoms with van der Waals surface area (Å²) in [6.07, 6.45) is 2.49. The Bertz CT molecular complexity index is 661. The van der Waals surface area contributed by atoms with Crippen molar-refractivity contribution in [3.05, 3.63) is 30.1 Å². The highest BCUT2D eigenvalue weighted by molar-refractivity contribution is 5.91. The van der Waals surface area contributed by atoms with E-state index in [9.17, 15) is 14.0 Å². The van der Waals surface area contributed by atoms with Crippen LogP contribution in [0.25, 0.3) is 0 Å². The molecule has 3 rings (SSSR count). The number of anilines is 1. The average molecular weight is 378 g/mol. The number of rotatable bonds is 5. The number of amides is 2. The van der Waals surface area contributed by atoms with Gasteiger partial charge in [0.1, 0.15) is 5.82 Å². The van der Waals surface area contributed by atoms with Gasteiger partial charge in [-0.3, -0.25) is 9.59 Å². The molecule has 7 heteroatoms. The predicted octanol–water partition coefficient (Wildman–Crippen LogP) is -1.19. The molecule has 0 aromatic heterocycles. The number of nitrogens with one attached hydrogen (secondary N) is 3. The topological polar surface area (TPSA) is 58.3 Å². The number of piperazine rings is 1. The smallest absolute Gasteiger partial charge is 0.279 e. The Kier molecular flexibility index (Phi) is 6.79. The van der Waals surface area contributed by atoms with Crippen LogP contribution in [0.1, 0.15) is 19.8 Å². The van der Waals surface area contributed by atoms with E-state index in [1.807, 2.05) is 4.90 Å². The van der Waals surface area contributed by atoms with Crippen molar-refractivity contribution in [2.75, 3.05) is 57.7 Å². The fraction of sp³-hybridized carbons (Fsp3) is 0.600. The third-order valence-corrected chi connectivity index (χ3v) is 5.61. The molecule has 1 aromatic rings. The number of piperidine rings is 1. The highest BCUT2D eigenvalue weighted by Gasteiger charge is 2.29. The number of carbonyl (C=O) groups excluding carboxylic acids is 2. The number of likely N-dealkylation sites (tertiary alicyclic amines) is 1. The van der Waals surface area contributed by atoms with E-state index in [-0.39, 0.29) is 17.6 Å². The summed E-state index contributed by atoms with van der Waals surface area (Å²) < 4.78 is 13.2. The molecule has 1 aromatic carbocycles. The molecule has 2 saturated heterocycles. The van der Waals surface area contributed by atoms with E-state index >= 15 is 0 Å².